The molecule has 0 atom stereocenters. The zero-order chi connectivity index (χ0) is 39.8. The Balaban J connectivity index is 1.13. The van der Waals surface area contributed by atoms with E-state index in [0.29, 0.717) is 56.6 Å². The third-order valence-corrected chi connectivity index (χ3v) is 10.1. The largest absolute Gasteiger partial charge is 0.436 e. The van der Waals surface area contributed by atoms with Gasteiger partial charge in [0.25, 0.3) is 0 Å². The van der Waals surface area contributed by atoms with Gasteiger partial charge in [-0.2, -0.15) is 0 Å². The van der Waals surface area contributed by atoms with Crippen LogP contribution in [0.5, 0.6) is 0 Å². The second kappa shape index (κ2) is 12.6. The molecule has 0 aliphatic heterocycles. The molecule has 258 valence electrons. The van der Waals surface area contributed by atoms with Gasteiger partial charge in [0.2, 0.25) is 11.8 Å². The van der Waals surface area contributed by atoms with Gasteiger partial charge in [-0.25, -0.2) is 9.97 Å². The number of nitrogens with zero attached hydrogens (tertiary/aromatic N) is 3. The first-order valence-corrected chi connectivity index (χ1v) is 18.1. The summed E-state index contributed by atoms with van der Waals surface area (Å²) in [5.41, 5.74) is 7.11. The number of anilines is 3. The molecule has 5 heteroatoms. The van der Waals surface area contributed by atoms with E-state index >= 15 is 0 Å². The minimum absolute atomic E-state index is 0.00844. The number of fused-ring (bicyclic) bond motifs is 5. The van der Waals surface area contributed by atoms with E-state index in [2.05, 4.69) is 6.07 Å². The molecule has 55 heavy (non-hydrogen) atoms. The maximum Gasteiger partial charge on any atom is 0.227 e. The summed E-state index contributed by atoms with van der Waals surface area (Å²) in [6.45, 7) is 0. The van der Waals surface area contributed by atoms with Crippen LogP contribution in [0.2, 0.25) is 0 Å². The molecule has 5 nitrogen and oxygen atoms in total. The monoisotopic (exact) mass is 709 g/mol. The Bertz CT molecular complexity index is 3280. The third-order valence-electron chi connectivity index (χ3n) is 10.1. The van der Waals surface area contributed by atoms with E-state index in [1.54, 1.807) is 12.1 Å². The minimum atomic E-state index is 0.00844. The standard InChI is InChI=1S/C50H31N3O2/c1-3-11-32(12-4-1)49-51-44-25-23-40(30-46(44)54-49)53(41-24-26-45-47(31-41)55-50(52-45)33-13-5-2-6-14-33)39-22-21-34-27-38(20-19-35(34)29-39)48-42-17-9-7-15-36(42)28-37-16-8-10-18-43(37)48/h1-31H/i19D,21D,27D,29D. The molecule has 0 saturated heterocycles. The Labute approximate surface area is 322 Å². The highest BCUT2D eigenvalue weighted by atomic mass is 16.4. The number of rotatable bonds is 6. The number of aromatic nitrogens is 2. The predicted molar refractivity (Wildman–Crippen MR) is 225 cm³/mol. The van der Waals surface area contributed by atoms with E-state index < -0.39 is 0 Å². The van der Waals surface area contributed by atoms with Crippen molar-refractivity contribution in [3.8, 4) is 34.0 Å². The van der Waals surface area contributed by atoms with Crippen LogP contribution in [0.15, 0.2) is 197 Å². The normalized spacial score (nSPS) is 12.7. The average molecular weight is 710 g/mol. The molecule has 0 aliphatic carbocycles. The van der Waals surface area contributed by atoms with Crippen LogP contribution in [0.4, 0.5) is 17.1 Å². The first-order chi connectivity index (χ1) is 28.9. The number of hydrogen-bond donors (Lipinski definition) is 0. The maximum atomic E-state index is 9.80. The van der Waals surface area contributed by atoms with Crippen molar-refractivity contribution in [2.24, 2.45) is 0 Å². The highest BCUT2D eigenvalue weighted by molar-refractivity contribution is 6.13. The van der Waals surface area contributed by atoms with Crippen LogP contribution in [-0.2, 0) is 0 Å². The average Bonchev–Trinajstić information content (AvgIpc) is 3.90. The summed E-state index contributed by atoms with van der Waals surface area (Å²) in [5.74, 6) is 0.968. The Morgan fingerprint density at radius 1 is 0.418 bits per heavy atom. The summed E-state index contributed by atoms with van der Waals surface area (Å²) in [7, 11) is 0. The fourth-order valence-electron chi connectivity index (χ4n) is 7.46. The van der Waals surface area contributed by atoms with Crippen molar-refractivity contribution in [3.63, 3.8) is 0 Å². The number of hydrogen-bond acceptors (Lipinski definition) is 5. The second-order valence-electron chi connectivity index (χ2n) is 13.5. The van der Waals surface area contributed by atoms with E-state index in [4.69, 9.17) is 18.8 Å². The van der Waals surface area contributed by atoms with Gasteiger partial charge >= 0.3 is 0 Å². The van der Waals surface area contributed by atoms with Gasteiger partial charge in [-0.1, -0.05) is 103 Å². The highest BCUT2D eigenvalue weighted by Crippen LogP contribution is 2.42. The molecule has 2 aromatic heterocycles. The molecule has 0 fully saturated rings. The molecule has 0 bridgehead atoms. The quantitative estimate of drug-likeness (QED) is 0.161. The Morgan fingerprint density at radius 2 is 0.927 bits per heavy atom. The van der Waals surface area contributed by atoms with Crippen LogP contribution in [0, 0.1) is 0 Å². The molecule has 0 saturated carbocycles. The molecule has 0 amide bonds. The Kier molecular flexibility index (Phi) is 6.21. The van der Waals surface area contributed by atoms with Gasteiger partial charge in [0.15, 0.2) is 11.2 Å². The van der Waals surface area contributed by atoms with Crippen molar-refractivity contribution in [1.82, 2.24) is 9.97 Å². The van der Waals surface area contributed by atoms with Crippen molar-refractivity contribution in [2.45, 2.75) is 0 Å². The number of benzene rings is 9. The third kappa shape index (κ3) is 5.41. The van der Waals surface area contributed by atoms with Crippen LogP contribution >= 0.6 is 0 Å². The zero-order valence-electron chi connectivity index (χ0n) is 33.2. The summed E-state index contributed by atoms with van der Waals surface area (Å²) in [5, 5.41) is 4.41. The zero-order valence-corrected chi connectivity index (χ0v) is 29.2. The first kappa shape index (κ1) is 27.2. The lowest BCUT2D eigenvalue weighted by atomic mass is 9.91. The van der Waals surface area contributed by atoms with Crippen molar-refractivity contribution in [1.29, 1.82) is 0 Å². The topological polar surface area (TPSA) is 55.3 Å². The summed E-state index contributed by atoms with van der Waals surface area (Å²) in [6.07, 6.45) is 0. The van der Waals surface area contributed by atoms with Gasteiger partial charge in [-0.15, -0.1) is 0 Å². The van der Waals surface area contributed by atoms with Crippen molar-refractivity contribution < 1.29 is 14.3 Å². The maximum absolute atomic E-state index is 9.80. The molecule has 0 radical (unpaired) electrons. The van der Waals surface area contributed by atoms with E-state index in [1.165, 1.54) is 0 Å². The molecule has 2 heterocycles. The van der Waals surface area contributed by atoms with E-state index in [-0.39, 0.29) is 34.9 Å². The minimum Gasteiger partial charge on any atom is -0.436 e. The first-order valence-electron chi connectivity index (χ1n) is 20.1. The van der Waals surface area contributed by atoms with Crippen LogP contribution in [-0.4, -0.2) is 9.97 Å². The van der Waals surface area contributed by atoms with Gasteiger partial charge in [0, 0.05) is 40.3 Å². The lowest BCUT2D eigenvalue weighted by molar-refractivity contribution is 0.620. The summed E-state index contributed by atoms with van der Waals surface area (Å²) >= 11 is 0. The van der Waals surface area contributed by atoms with Crippen LogP contribution < -0.4 is 4.90 Å². The van der Waals surface area contributed by atoms with Crippen molar-refractivity contribution in [3.05, 3.63) is 188 Å². The highest BCUT2D eigenvalue weighted by Gasteiger charge is 2.19. The predicted octanol–water partition coefficient (Wildman–Crippen LogP) is 13.9. The number of oxazole rings is 2. The summed E-state index contributed by atoms with van der Waals surface area (Å²) in [6, 6.07) is 52.4. The van der Waals surface area contributed by atoms with Gasteiger partial charge < -0.3 is 13.7 Å². The van der Waals surface area contributed by atoms with Gasteiger partial charge in [-0.05, 0) is 116 Å². The Hall–Kier alpha value is -7.50. The molecule has 0 aliphatic rings. The SMILES string of the molecule is [2H]c1cc(N(c2ccc3nc(-c4ccccc4)oc3c2)c2ccc3nc(-c4ccccc4)oc3c2)c([2H])c2c([2H])cc(-c3c4ccccc4cc4ccccc34)c([2H])c12. The molecule has 0 N–H and O–H groups in total. The van der Waals surface area contributed by atoms with Crippen LogP contribution in [0.3, 0.4) is 0 Å². The van der Waals surface area contributed by atoms with Gasteiger partial charge in [0.1, 0.15) is 11.0 Å². The fourth-order valence-corrected chi connectivity index (χ4v) is 7.46. The van der Waals surface area contributed by atoms with E-state index in [9.17, 15) is 5.48 Å². The second-order valence-corrected chi connectivity index (χ2v) is 13.5. The summed E-state index contributed by atoms with van der Waals surface area (Å²) in [4.78, 5) is 11.4. The lowest BCUT2D eigenvalue weighted by Gasteiger charge is -2.25. The fraction of sp³-hybridized carbons (Fsp3) is 0. The molecule has 0 spiro atoms. The van der Waals surface area contributed by atoms with Crippen molar-refractivity contribution in [2.75, 3.05) is 4.90 Å². The van der Waals surface area contributed by atoms with Crippen LogP contribution in [0.1, 0.15) is 5.48 Å². The summed E-state index contributed by atoms with van der Waals surface area (Å²) < 4.78 is 51.1. The Morgan fingerprint density at radius 3 is 1.51 bits per heavy atom. The smallest absolute Gasteiger partial charge is 0.227 e. The van der Waals surface area contributed by atoms with Crippen LogP contribution in [0.25, 0.3) is 88.6 Å². The lowest BCUT2D eigenvalue weighted by Crippen LogP contribution is -2.09. The molecule has 0 unspecified atom stereocenters. The molecule has 11 rings (SSSR count). The molecular formula is C50H31N3O2. The molecule has 11 aromatic rings. The van der Waals surface area contributed by atoms with E-state index in [0.717, 1.165) is 38.2 Å². The van der Waals surface area contributed by atoms with Gasteiger partial charge in [-0.3, -0.25) is 0 Å². The molecule has 9 aromatic carbocycles. The molecular weight excluding hydrogens is 675 g/mol. The van der Waals surface area contributed by atoms with Crippen molar-refractivity contribution >= 4 is 71.6 Å². The van der Waals surface area contributed by atoms with Gasteiger partial charge in [0.05, 0.1) is 5.48 Å². The van der Waals surface area contributed by atoms with E-state index in [1.807, 2.05) is 150 Å².